The molecule has 1 aliphatic heterocycles. The van der Waals surface area contributed by atoms with Gasteiger partial charge in [-0.05, 0) is 12.1 Å². The lowest BCUT2D eigenvalue weighted by Crippen LogP contribution is -2.38. The van der Waals surface area contributed by atoms with Gasteiger partial charge in [-0.25, -0.2) is 9.59 Å². The Morgan fingerprint density at radius 1 is 1.45 bits per heavy atom. The van der Waals surface area contributed by atoms with Gasteiger partial charge in [-0.1, -0.05) is 0 Å². The molecule has 9 heteroatoms. The van der Waals surface area contributed by atoms with Gasteiger partial charge in [0.2, 0.25) is 0 Å². The topological polar surface area (TPSA) is 111 Å². The fourth-order valence-electron chi connectivity index (χ4n) is 1.83. The van der Waals surface area contributed by atoms with Gasteiger partial charge in [0, 0.05) is 13.1 Å². The molecule has 1 aliphatic rings. The van der Waals surface area contributed by atoms with E-state index in [4.69, 9.17) is 8.83 Å². The van der Waals surface area contributed by atoms with E-state index < -0.39 is 17.7 Å². The molecule has 0 saturated carbocycles. The number of hydrogen-bond acceptors (Lipinski definition) is 6. The van der Waals surface area contributed by atoms with Crippen LogP contribution in [-0.2, 0) is 11.3 Å². The molecule has 0 unspecified atom stereocenters. The summed E-state index contributed by atoms with van der Waals surface area (Å²) in [7, 11) is 0. The second-order valence-corrected chi connectivity index (χ2v) is 4.09. The molecule has 1 N–H and O–H groups in total. The van der Waals surface area contributed by atoms with Crippen molar-refractivity contribution >= 4 is 11.9 Å². The van der Waals surface area contributed by atoms with Crippen molar-refractivity contribution in [1.82, 2.24) is 20.0 Å². The second-order valence-electron chi connectivity index (χ2n) is 4.09. The summed E-state index contributed by atoms with van der Waals surface area (Å²) in [4.78, 5) is 35.8. The average molecular weight is 278 g/mol. The molecule has 0 atom stereocenters. The van der Waals surface area contributed by atoms with Crippen molar-refractivity contribution in [2.75, 3.05) is 13.1 Å². The van der Waals surface area contributed by atoms with Crippen LogP contribution >= 0.6 is 0 Å². The first-order valence-corrected chi connectivity index (χ1v) is 5.85. The van der Waals surface area contributed by atoms with Crippen LogP contribution in [-0.4, -0.2) is 39.7 Å². The Balaban J connectivity index is 1.80. The van der Waals surface area contributed by atoms with Crippen LogP contribution in [0.25, 0.3) is 11.7 Å². The van der Waals surface area contributed by atoms with Crippen LogP contribution in [0.2, 0.25) is 0 Å². The smallest absolute Gasteiger partial charge is 0.437 e. The minimum atomic E-state index is -0.788. The third-order valence-electron chi connectivity index (χ3n) is 2.78. The van der Waals surface area contributed by atoms with Crippen molar-refractivity contribution < 1.29 is 18.4 Å². The molecule has 3 amide bonds. The zero-order valence-electron chi connectivity index (χ0n) is 10.2. The van der Waals surface area contributed by atoms with E-state index in [0.717, 1.165) is 9.58 Å². The van der Waals surface area contributed by atoms with Crippen LogP contribution in [0.5, 0.6) is 0 Å². The number of furan rings is 1. The van der Waals surface area contributed by atoms with Crippen LogP contribution < -0.4 is 11.1 Å². The molecular formula is C11H10N4O5. The third-order valence-corrected chi connectivity index (χ3v) is 2.78. The average Bonchev–Trinajstić information content (AvgIpc) is 3.11. The number of urea groups is 1. The molecule has 1 fully saturated rings. The highest BCUT2D eigenvalue weighted by atomic mass is 16.4. The van der Waals surface area contributed by atoms with Crippen molar-refractivity contribution in [2.45, 2.75) is 6.54 Å². The first kappa shape index (κ1) is 12.2. The zero-order chi connectivity index (χ0) is 14.1. The molecule has 0 aromatic carbocycles. The van der Waals surface area contributed by atoms with Gasteiger partial charge in [0.25, 0.3) is 11.8 Å². The summed E-state index contributed by atoms with van der Waals surface area (Å²) < 4.78 is 10.8. The fraction of sp³-hybridized carbons (Fsp3) is 0.273. The van der Waals surface area contributed by atoms with Gasteiger partial charge < -0.3 is 14.2 Å². The largest absolute Gasteiger partial charge is 0.459 e. The minimum absolute atomic E-state index is 0.0151. The van der Waals surface area contributed by atoms with Crippen LogP contribution in [0.3, 0.4) is 0 Å². The monoisotopic (exact) mass is 278 g/mol. The molecule has 2 aromatic rings. The molecule has 0 bridgehead atoms. The van der Waals surface area contributed by atoms with Gasteiger partial charge in [-0.15, -0.1) is 5.10 Å². The van der Waals surface area contributed by atoms with Crippen LogP contribution in [0.1, 0.15) is 0 Å². The highest BCUT2D eigenvalue weighted by Crippen LogP contribution is 2.15. The summed E-state index contributed by atoms with van der Waals surface area (Å²) in [5, 5.41) is 6.35. The van der Waals surface area contributed by atoms with Gasteiger partial charge in [0.05, 0.1) is 6.26 Å². The predicted molar refractivity (Wildman–Crippen MR) is 63.6 cm³/mol. The summed E-state index contributed by atoms with van der Waals surface area (Å²) in [6.07, 6.45) is 1.41. The molecule has 0 spiro atoms. The highest BCUT2D eigenvalue weighted by molar-refractivity contribution is 5.95. The lowest BCUT2D eigenvalue weighted by atomic mass is 10.4. The van der Waals surface area contributed by atoms with E-state index in [1.165, 1.54) is 6.26 Å². The van der Waals surface area contributed by atoms with E-state index in [1.807, 2.05) is 0 Å². The van der Waals surface area contributed by atoms with E-state index in [1.54, 1.807) is 12.1 Å². The fourth-order valence-corrected chi connectivity index (χ4v) is 1.83. The Morgan fingerprint density at radius 2 is 2.30 bits per heavy atom. The molecular weight excluding hydrogens is 268 g/mol. The van der Waals surface area contributed by atoms with Crippen molar-refractivity contribution in [3.63, 3.8) is 0 Å². The molecule has 3 heterocycles. The highest BCUT2D eigenvalue weighted by Gasteiger charge is 2.27. The maximum atomic E-state index is 11.9. The molecule has 0 radical (unpaired) electrons. The lowest BCUT2D eigenvalue weighted by molar-refractivity contribution is -0.128. The Hall–Kier alpha value is -2.84. The Morgan fingerprint density at radius 3 is 2.95 bits per heavy atom. The van der Waals surface area contributed by atoms with Crippen LogP contribution in [0, 0.1) is 0 Å². The number of aromatic nitrogens is 2. The zero-order valence-corrected chi connectivity index (χ0v) is 10.2. The summed E-state index contributed by atoms with van der Waals surface area (Å²) in [5.74, 6) is -1.04. The molecule has 1 saturated heterocycles. The van der Waals surface area contributed by atoms with E-state index in [9.17, 15) is 14.4 Å². The summed E-state index contributed by atoms with van der Waals surface area (Å²) in [5.41, 5.74) is 0. The van der Waals surface area contributed by atoms with E-state index in [0.29, 0.717) is 6.54 Å². The molecule has 20 heavy (non-hydrogen) atoms. The van der Waals surface area contributed by atoms with Crippen molar-refractivity contribution in [2.24, 2.45) is 0 Å². The molecule has 3 rings (SSSR count). The number of nitrogens with one attached hydrogen (secondary N) is 1. The van der Waals surface area contributed by atoms with Gasteiger partial charge in [0.15, 0.2) is 5.76 Å². The predicted octanol–water partition coefficient (Wildman–Crippen LogP) is -0.352. The lowest BCUT2D eigenvalue weighted by Gasteiger charge is -2.10. The molecule has 2 aromatic heterocycles. The van der Waals surface area contributed by atoms with Crippen molar-refractivity contribution in [3.8, 4) is 11.7 Å². The molecule has 9 nitrogen and oxygen atoms in total. The van der Waals surface area contributed by atoms with Crippen molar-refractivity contribution in [3.05, 3.63) is 28.9 Å². The Bertz CT molecular complexity index is 699. The SMILES string of the molecule is O=C(Cn1nc(-c2ccco2)oc1=O)N1CCNC1=O. The quantitative estimate of drug-likeness (QED) is 0.821. The maximum absolute atomic E-state index is 11.9. The third kappa shape index (κ3) is 2.09. The number of imide groups is 1. The van der Waals surface area contributed by atoms with Gasteiger partial charge in [-0.2, -0.15) is 4.68 Å². The van der Waals surface area contributed by atoms with E-state index in [2.05, 4.69) is 10.4 Å². The standard InChI is InChI=1S/C11H10N4O5/c16-8(14-4-3-12-10(14)17)6-15-11(18)20-9(13-15)7-2-1-5-19-7/h1-2,5H,3-4,6H2,(H,12,17). The number of nitrogens with zero attached hydrogens (tertiary/aromatic N) is 3. The number of amides is 3. The van der Waals surface area contributed by atoms with Gasteiger partial charge >= 0.3 is 11.8 Å². The normalized spacial score (nSPS) is 14.6. The van der Waals surface area contributed by atoms with Gasteiger partial charge in [-0.3, -0.25) is 9.69 Å². The molecule has 104 valence electrons. The summed E-state index contributed by atoms with van der Waals surface area (Å²) in [6, 6.07) is 2.72. The second kappa shape index (κ2) is 4.68. The first-order valence-electron chi connectivity index (χ1n) is 5.85. The Kier molecular flexibility index (Phi) is 2.86. The first-order chi connectivity index (χ1) is 9.65. The minimum Gasteiger partial charge on any atom is -0.459 e. The Labute approximate surface area is 111 Å². The number of carbonyl (C=O) groups is 2. The van der Waals surface area contributed by atoms with Crippen LogP contribution in [0.4, 0.5) is 4.79 Å². The van der Waals surface area contributed by atoms with Crippen LogP contribution in [0.15, 0.2) is 32.0 Å². The number of rotatable bonds is 3. The van der Waals surface area contributed by atoms with Gasteiger partial charge in [0.1, 0.15) is 6.54 Å². The molecule has 0 aliphatic carbocycles. The van der Waals surface area contributed by atoms with Crippen molar-refractivity contribution in [1.29, 1.82) is 0 Å². The number of hydrogen-bond donors (Lipinski definition) is 1. The number of carbonyl (C=O) groups excluding carboxylic acids is 2. The van der Waals surface area contributed by atoms with E-state index in [-0.39, 0.29) is 24.7 Å². The van der Waals surface area contributed by atoms with E-state index >= 15 is 0 Å². The summed E-state index contributed by atoms with van der Waals surface area (Å²) in [6.45, 7) is 0.307. The summed E-state index contributed by atoms with van der Waals surface area (Å²) >= 11 is 0. The maximum Gasteiger partial charge on any atom is 0.437 e.